The molecule has 0 unspecified atom stereocenters. The molecular weight excluding hydrogens is 356 g/mol. The van der Waals surface area contributed by atoms with Gasteiger partial charge in [-0.15, -0.1) is 13.2 Å². The lowest BCUT2D eigenvalue weighted by atomic mass is 9.80. The minimum absolute atomic E-state index is 0.0833. The van der Waals surface area contributed by atoms with Gasteiger partial charge < -0.3 is 9.84 Å². The van der Waals surface area contributed by atoms with Crippen molar-refractivity contribution >= 4 is 0 Å². The molecule has 0 amide bonds. The van der Waals surface area contributed by atoms with Gasteiger partial charge in [-0.1, -0.05) is 103 Å². The minimum Gasteiger partial charge on any atom is -0.392 e. The van der Waals surface area contributed by atoms with Gasteiger partial charge in [-0.2, -0.15) is 0 Å². The molecule has 0 atom stereocenters. The lowest BCUT2D eigenvalue weighted by molar-refractivity contribution is 0.0119. The van der Waals surface area contributed by atoms with E-state index in [1.54, 1.807) is 0 Å². The summed E-state index contributed by atoms with van der Waals surface area (Å²) in [4.78, 5) is 0. The highest BCUT2D eigenvalue weighted by Crippen LogP contribution is 2.40. The second kappa shape index (κ2) is 12.5. The lowest BCUT2D eigenvalue weighted by Crippen LogP contribution is -2.33. The van der Waals surface area contributed by atoms with Crippen molar-refractivity contribution in [1.29, 1.82) is 0 Å². The van der Waals surface area contributed by atoms with Gasteiger partial charge in [0, 0.05) is 6.61 Å². The molecule has 2 heteroatoms. The molecule has 3 aromatic carbocycles. The standard InChI is InChI=1S/C24H24O.C3H6O/c1-2-3-13-20-25-24(21-14-7-4-8-15-21,22-16-9-5-10-17-22)23-18-11-6-12-19-23;1-2-3-4/h2,4-12,14-19H,1,3,13,20H2;2,4H,1,3H2. The highest BCUT2D eigenvalue weighted by Gasteiger charge is 2.37. The summed E-state index contributed by atoms with van der Waals surface area (Å²) in [6, 6.07) is 31.4. The van der Waals surface area contributed by atoms with E-state index in [9.17, 15) is 0 Å². The SMILES string of the molecule is C=CCCCOC(c1ccccc1)(c1ccccc1)c1ccccc1.C=CCO. The number of ether oxygens (including phenoxy) is 1. The Bertz CT molecular complexity index is 730. The predicted octanol–water partition coefficient (Wildman–Crippen LogP) is 6.13. The summed E-state index contributed by atoms with van der Waals surface area (Å²) in [6.07, 6.45) is 5.28. The number of rotatable bonds is 9. The van der Waals surface area contributed by atoms with Gasteiger partial charge in [0.2, 0.25) is 0 Å². The smallest absolute Gasteiger partial charge is 0.143 e. The average Bonchev–Trinajstić information content (AvgIpc) is 2.81. The molecule has 0 fully saturated rings. The van der Waals surface area contributed by atoms with Crippen LogP contribution in [-0.4, -0.2) is 18.3 Å². The summed E-state index contributed by atoms with van der Waals surface area (Å²) in [6.45, 7) is 7.80. The molecule has 0 aromatic heterocycles. The summed E-state index contributed by atoms with van der Waals surface area (Å²) in [5.41, 5.74) is 2.83. The van der Waals surface area contributed by atoms with Gasteiger partial charge in [0.15, 0.2) is 0 Å². The lowest BCUT2D eigenvalue weighted by Gasteiger charge is -2.36. The molecule has 29 heavy (non-hydrogen) atoms. The summed E-state index contributed by atoms with van der Waals surface area (Å²) >= 11 is 0. The van der Waals surface area contributed by atoms with Crippen molar-refractivity contribution in [2.24, 2.45) is 0 Å². The molecule has 3 aromatic rings. The van der Waals surface area contributed by atoms with E-state index >= 15 is 0 Å². The fraction of sp³-hybridized carbons (Fsp3) is 0.185. The fourth-order valence-electron chi connectivity index (χ4n) is 3.22. The van der Waals surface area contributed by atoms with E-state index in [0.717, 1.165) is 29.5 Å². The van der Waals surface area contributed by atoms with Crippen molar-refractivity contribution in [2.45, 2.75) is 18.4 Å². The maximum Gasteiger partial charge on any atom is 0.143 e. The van der Waals surface area contributed by atoms with Crippen LogP contribution in [0.3, 0.4) is 0 Å². The highest BCUT2D eigenvalue weighted by molar-refractivity contribution is 5.47. The summed E-state index contributed by atoms with van der Waals surface area (Å²) < 4.78 is 6.64. The van der Waals surface area contributed by atoms with Gasteiger partial charge in [-0.25, -0.2) is 0 Å². The number of aliphatic hydroxyl groups excluding tert-OH is 1. The zero-order chi connectivity index (χ0) is 20.8. The number of hydrogen-bond donors (Lipinski definition) is 1. The number of aliphatic hydroxyl groups is 1. The molecule has 1 N–H and O–H groups in total. The van der Waals surface area contributed by atoms with Crippen LogP contribution < -0.4 is 0 Å². The van der Waals surface area contributed by atoms with E-state index < -0.39 is 5.60 Å². The molecule has 150 valence electrons. The van der Waals surface area contributed by atoms with Crippen LogP contribution in [0.2, 0.25) is 0 Å². The molecule has 0 aliphatic carbocycles. The maximum atomic E-state index is 7.76. The first kappa shape index (κ1) is 22.4. The first-order valence-electron chi connectivity index (χ1n) is 9.92. The van der Waals surface area contributed by atoms with Crippen molar-refractivity contribution in [3.63, 3.8) is 0 Å². The van der Waals surface area contributed by atoms with E-state index in [4.69, 9.17) is 9.84 Å². The Morgan fingerprint density at radius 3 is 1.38 bits per heavy atom. The van der Waals surface area contributed by atoms with E-state index in [2.05, 4.69) is 86.0 Å². The van der Waals surface area contributed by atoms with Crippen molar-refractivity contribution in [3.8, 4) is 0 Å². The Hall–Kier alpha value is -2.94. The first-order valence-corrected chi connectivity index (χ1v) is 9.92. The van der Waals surface area contributed by atoms with Crippen molar-refractivity contribution in [3.05, 3.63) is 133 Å². The Kier molecular flexibility index (Phi) is 9.64. The maximum absolute atomic E-state index is 7.76. The number of allylic oxidation sites excluding steroid dienone is 1. The van der Waals surface area contributed by atoms with Gasteiger partial charge in [-0.3, -0.25) is 0 Å². The van der Waals surface area contributed by atoms with Gasteiger partial charge in [-0.05, 0) is 29.5 Å². The molecule has 3 rings (SSSR count). The zero-order valence-electron chi connectivity index (χ0n) is 16.9. The van der Waals surface area contributed by atoms with Crippen LogP contribution in [0.25, 0.3) is 0 Å². The minimum atomic E-state index is -0.606. The van der Waals surface area contributed by atoms with E-state index in [1.165, 1.54) is 6.08 Å². The van der Waals surface area contributed by atoms with Crippen LogP contribution in [0.5, 0.6) is 0 Å². The van der Waals surface area contributed by atoms with Crippen molar-refractivity contribution in [1.82, 2.24) is 0 Å². The normalized spacial score (nSPS) is 10.5. The van der Waals surface area contributed by atoms with Crippen LogP contribution >= 0.6 is 0 Å². The van der Waals surface area contributed by atoms with Crippen molar-refractivity contribution < 1.29 is 9.84 Å². The van der Waals surface area contributed by atoms with Gasteiger partial charge in [0.1, 0.15) is 5.60 Å². The van der Waals surface area contributed by atoms with Crippen LogP contribution in [-0.2, 0) is 10.3 Å². The number of unbranched alkanes of at least 4 members (excludes halogenated alkanes) is 1. The second-order valence-corrected chi connectivity index (χ2v) is 6.53. The number of benzene rings is 3. The molecule has 0 saturated heterocycles. The van der Waals surface area contributed by atoms with Gasteiger partial charge in [0.25, 0.3) is 0 Å². The molecular formula is C27H30O2. The molecule has 2 nitrogen and oxygen atoms in total. The van der Waals surface area contributed by atoms with Crippen LogP contribution in [0, 0.1) is 0 Å². The third-order valence-electron chi connectivity index (χ3n) is 4.54. The Morgan fingerprint density at radius 1 is 0.690 bits per heavy atom. The Morgan fingerprint density at radius 2 is 1.07 bits per heavy atom. The molecule has 0 saturated carbocycles. The van der Waals surface area contributed by atoms with Crippen molar-refractivity contribution in [2.75, 3.05) is 13.2 Å². The Labute approximate surface area is 174 Å². The summed E-state index contributed by atoms with van der Waals surface area (Å²) in [5.74, 6) is 0. The topological polar surface area (TPSA) is 29.5 Å². The predicted molar refractivity (Wildman–Crippen MR) is 122 cm³/mol. The third-order valence-corrected chi connectivity index (χ3v) is 4.54. The van der Waals surface area contributed by atoms with Crippen LogP contribution in [0.15, 0.2) is 116 Å². The molecule has 0 aliphatic heterocycles. The van der Waals surface area contributed by atoms with Gasteiger partial charge >= 0.3 is 0 Å². The monoisotopic (exact) mass is 386 g/mol. The van der Waals surface area contributed by atoms with E-state index in [0.29, 0.717) is 6.61 Å². The molecule has 0 heterocycles. The van der Waals surface area contributed by atoms with Crippen LogP contribution in [0.4, 0.5) is 0 Å². The largest absolute Gasteiger partial charge is 0.392 e. The molecule has 0 aliphatic rings. The van der Waals surface area contributed by atoms with E-state index in [1.807, 2.05) is 24.3 Å². The zero-order valence-corrected chi connectivity index (χ0v) is 16.9. The third kappa shape index (κ3) is 6.02. The molecule has 0 radical (unpaired) electrons. The van der Waals surface area contributed by atoms with Crippen LogP contribution in [0.1, 0.15) is 29.5 Å². The Balaban J connectivity index is 0.000000687. The highest BCUT2D eigenvalue weighted by atomic mass is 16.5. The second-order valence-electron chi connectivity index (χ2n) is 6.53. The summed E-state index contributed by atoms with van der Waals surface area (Å²) in [5, 5.41) is 7.76. The fourth-order valence-corrected chi connectivity index (χ4v) is 3.22. The molecule has 0 spiro atoms. The summed E-state index contributed by atoms with van der Waals surface area (Å²) in [7, 11) is 0. The average molecular weight is 387 g/mol. The van der Waals surface area contributed by atoms with E-state index in [-0.39, 0.29) is 6.61 Å². The molecule has 0 bridgehead atoms. The first-order chi connectivity index (χ1) is 14.3. The number of hydrogen-bond acceptors (Lipinski definition) is 2. The van der Waals surface area contributed by atoms with Gasteiger partial charge in [0.05, 0.1) is 6.61 Å². The quantitative estimate of drug-likeness (QED) is 0.272.